The van der Waals surface area contributed by atoms with Crippen molar-refractivity contribution in [2.45, 2.75) is 0 Å². The van der Waals surface area contributed by atoms with Gasteiger partial charge < -0.3 is 5.73 Å². The van der Waals surface area contributed by atoms with Crippen LogP contribution in [0.15, 0.2) is 36.4 Å². The zero-order chi connectivity index (χ0) is 13.6. The van der Waals surface area contributed by atoms with Crippen molar-refractivity contribution in [3.8, 4) is 5.69 Å². The number of rotatable bonds is 1. The standard InChI is InChI=1S/C13H8Cl2FN3/c14-8-5-7(6-9(15)12(8)16)19-11-4-2-1-3-10(11)18-13(19)17/h1-6H,(H2,17,18). The summed E-state index contributed by atoms with van der Waals surface area (Å²) in [6.45, 7) is 0. The summed E-state index contributed by atoms with van der Waals surface area (Å²) in [7, 11) is 0. The molecule has 0 radical (unpaired) electrons. The van der Waals surface area contributed by atoms with Crippen LogP contribution in [0.5, 0.6) is 0 Å². The molecule has 1 aromatic heterocycles. The average molecular weight is 296 g/mol. The summed E-state index contributed by atoms with van der Waals surface area (Å²) in [6, 6.07) is 10.4. The van der Waals surface area contributed by atoms with Crippen LogP contribution < -0.4 is 5.73 Å². The molecule has 0 unspecified atom stereocenters. The van der Waals surface area contributed by atoms with Gasteiger partial charge in [-0.15, -0.1) is 0 Å². The summed E-state index contributed by atoms with van der Waals surface area (Å²) in [5.74, 6) is -0.352. The maximum Gasteiger partial charge on any atom is 0.205 e. The maximum atomic E-state index is 13.4. The molecule has 1 heterocycles. The Morgan fingerprint density at radius 3 is 2.42 bits per heavy atom. The Hall–Kier alpha value is -1.78. The molecule has 3 nitrogen and oxygen atoms in total. The number of aromatic nitrogens is 2. The molecule has 0 saturated heterocycles. The Balaban J connectivity index is 2.33. The Morgan fingerprint density at radius 1 is 1.11 bits per heavy atom. The lowest BCUT2D eigenvalue weighted by Crippen LogP contribution is -2.01. The second-order valence-electron chi connectivity index (χ2n) is 4.02. The van der Waals surface area contributed by atoms with Crippen molar-refractivity contribution in [2.24, 2.45) is 0 Å². The number of imidazole rings is 1. The fourth-order valence-electron chi connectivity index (χ4n) is 1.99. The average Bonchev–Trinajstić information content (AvgIpc) is 2.71. The first-order valence-corrected chi connectivity index (χ1v) is 6.21. The number of fused-ring (bicyclic) bond motifs is 1. The quantitative estimate of drug-likeness (QED) is 0.688. The van der Waals surface area contributed by atoms with Gasteiger partial charge in [-0.05, 0) is 24.3 Å². The molecule has 0 spiro atoms. The van der Waals surface area contributed by atoms with E-state index in [4.69, 9.17) is 28.9 Å². The van der Waals surface area contributed by atoms with Crippen molar-refractivity contribution in [1.29, 1.82) is 0 Å². The van der Waals surface area contributed by atoms with E-state index >= 15 is 0 Å². The smallest absolute Gasteiger partial charge is 0.205 e. The van der Waals surface area contributed by atoms with Gasteiger partial charge in [0, 0.05) is 0 Å². The van der Waals surface area contributed by atoms with Crippen LogP contribution in [-0.4, -0.2) is 9.55 Å². The molecule has 19 heavy (non-hydrogen) atoms. The van der Waals surface area contributed by atoms with Gasteiger partial charge >= 0.3 is 0 Å². The van der Waals surface area contributed by atoms with E-state index in [0.717, 1.165) is 11.0 Å². The normalized spacial score (nSPS) is 11.1. The predicted octanol–water partition coefficient (Wildman–Crippen LogP) is 4.05. The van der Waals surface area contributed by atoms with Gasteiger partial charge in [0.2, 0.25) is 5.95 Å². The summed E-state index contributed by atoms with van der Waals surface area (Å²) in [5, 5.41) is -0.112. The van der Waals surface area contributed by atoms with Gasteiger partial charge in [-0.3, -0.25) is 4.57 Å². The highest BCUT2D eigenvalue weighted by atomic mass is 35.5. The molecule has 6 heteroatoms. The van der Waals surface area contributed by atoms with Crippen molar-refractivity contribution < 1.29 is 4.39 Å². The Bertz CT molecular complexity index is 760. The Morgan fingerprint density at radius 2 is 1.74 bits per heavy atom. The third kappa shape index (κ3) is 1.93. The van der Waals surface area contributed by atoms with Crippen LogP contribution in [-0.2, 0) is 0 Å². The minimum Gasteiger partial charge on any atom is -0.369 e. The van der Waals surface area contributed by atoms with Gasteiger partial charge in [-0.1, -0.05) is 35.3 Å². The van der Waals surface area contributed by atoms with Crippen LogP contribution in [0.3, 0.4) is 0 Å². The minimum absolute atomic E-state index is 0.0559. The van der Waals surface area contributed by atoms with Crippen LogP contribution in [0, 0.1) is 5.82 Å². The van der Waals surface area contributed by atoms with Gasteiger partial charge in [0.25, 0.3) is 0 Å². The van der Waals surface area contributed by atoms with Gasteiger partial charge in [-0.25, -0.2) is 9.37 Å². The molecule has 0 aliphatic heterocycles. The zero-order valence-corrected chi connectivity index (χ0v) is 11.1. The molecule has 3 rings (SSSR count). The van der Waals surface area contributed by atoms with Crippen LogP contribution in [0.25, 0.3) is 16.7 Å². The topological polar surface area (TPSA) is 43.8 Å². The number of halogens is 3. The molecule has 2 N–H and O–H groups in total. The lowest BCUT2D eigenvalue weighted by atomic mass is 10.2. The molecule has 0 saturated carbocycles. The maximum absolute atomic E-state index is 13.4. The first-order chi connectivity index (χ1) is 9.08. The van der Waals surface area contributed by atoms with Crippen LogP contribution in [0.4, 0.5) is 10.3 Å². The van der Waals surface area contributed by atoms with Crippen molar-refractivity contribution >= 4 is 40.2 Å². The third-order valence-electron chi connectivity index (χ3n) is 2.81. The monoisotopic (exact) mass is 295 g/mol. The Kier molecular flexibility index (Phi) is 2.84. The fraction of sp³-hybridized carbons (Fsp3) is 0. The second kappa shape index (κ2) is 4.40. The van der Waals surface area contributed by atoms with Crippen molar-refractivity contribution in [1.82, 2.24) is 9.55 Å². The highest BCUT2D eigenvalue weighted by Gasteiger charge is 2.13. The second-order valence-corrected chi connectivity index (χ2v) is 4.83. The number of nitrogens with zero attached hydrogens (tertiary/aromatic N) is 2. The number of nitrogens with two attached hydrogens (primary N) is 1. The first kappa shape index (κ1) is 12.3. The summed E-state index contributed by atoms with van der Waals surface area (Å²) < 4.78 is 15.1. The van der Waals surface area contributed by atoms with Crippen molar-refractivity contribution in [3.05, 3.63) is 52.3 Å². The van der Waals surface area contributed by atoms with Gasteiger partial charge in [0.05, 0.1) is 26.8 Å². The molecule has 2 aromatic carbocycles. The highest BCUT2D eigenvalue weighted by Crippen LogP contribution is 2.30. The number of nitrogen functional groups attached to an aromatic ring is 1. The van der Waals surface area contributed by atoms with E-state index in [2.05, 4.69) is 4.98 Å². The molecular weight excluding hydrogens is 288 g/mol. The largest absolute Gasteiger partial charge is 0.369 e. The van der Waals surface area contributed by atoms with Crippen LogP contribution >= 0.6 is 23.2 Å². The van der Waals surface area contributed by atoms with Gasteiger partial charge in [0.1, 0.15) is 0 Å². The van der Waals surface area contributed by atoms with E-state index in [9.17, 15) is 4.39 Å². The molecule has 0 bridgehead atoms. The molecule has 3 aromatic rings. The van der Waals surface area contributed by atoms with Crippen LogP contribution in [0.1, 0.15) is 0 Å². The molecule has 0 atom stereocenters. The number of para-hydroxylation sites is 2. The number of benzene rings is 2. The lowest BCUT2D eigenvalue weighted by molar-refractivity contribution is 0.628. The third-order valence-corrected chi connectivity index (χ3v) is 3.36. The van der Waals surface area contributed by atoms with E-state index in [1.807, 2.05) is 24.3 Å². The van der Waals surface area contributed by atoms with Gasteiger partial charge in [-0.2, -0.15) is 0 Å². The van der Waals surface area contributed by atoms with E-state index < -0.39 is 5.82 Å². The zero-order valence-electron chi connectivity index (χ0n) is 9.57. The highest BCUT2D eigenvalue weighted by molar-refractivity contribution is 6.35. The molecule has 0 aliphatic carbocycles. The number of hydrogen-bond acceptors (Lipinski definition) is 2. The van der Waals surface area contributed by atoms with Crippen molar-refractivity contribution in [3.63, 3.8) is 0 Å². The first-order valence-electron chi connectivity index (χ1n) is 5.46. The fourth-order valence-corrected chi connectivity index (χ4v) is 2.46. The lowest BCUT2D eigenvalue weighted by Gasteiger charge is -2.08. The van der Waals surface area contributed by atoms with Crippen LogP contribution in [0.2, 0.25) is 10.0 Å². The summed E-state index contributed by atoms with van der Waals surface area (Å²) in [5.41, 5.74) is 8.02. The van der Waals surface area contributed by atoms with E-state index in [0.29, 0.717) is 11.6 Å². The summed E-state index contributed by atoms with van der Waals surface area (Å²) in [4.78, 5) is 4.23. The summed E-state index contributed by atoms with van der Waals surface area (Å²) >= 11 is 11.6. The molecule has 96 valence electrons. The Labute approximate surface area is 118 Å². The summed E-state index contributed by atoms with van der Waals surface area (Å²) in [6.07, 6.45) is 0. The molecule has 0 fully saturated rings. The minimum atomic E-state index is -0.643. The molecule has 0 aliphatic rings. The van der Waals surface area contributed by atoms with E-state index in [1.54, 1.807) is 4.57 Å². The number of hydrogen-bond donors (Lipinski definition) is 1. The van der Waals surface area contributed by atoms with Gasteiger partial charge in [0.15, 0.2) is 5.82 Å². The van der Waals surface area contributed by atoms with E-state index in [-0.39, 0.29) is 10.0 Å². The number of anilines is 1. The SMILES string of the molecule is Nc1nc2ccccc2n1-c1cc(Cl)c(F)c(Cl)c1. The van der Waals surface area contributed by atoms with Crippen molar-refractivity contribution in [2.75, 3.05) is 5.73 Å². The van der Waals surface area contributed by atoms with E-state index in [1.165, 1.54) is 12.1 Å². The molecule has 0 amide bonds. The molecular formula is C13H8Cl2FN3. The predicted molar refractivity (Wildman–Crippen MR) is 75.5 cm³/mol.